The zero-order valence-electron chi connectivity index (χ0n) is 24.6. The SMILES string of the molecule is [CH2-]N(CCCC[Si](OC)(OC)OC)C(=O)C(CCC[Si](OC)(OC)OC)CCC[Si](OC)(OC)OC.[Rf]. The molecule has 218 valence electrons. The predicted octanol–water partition coefficient (Wildman–Crippen LogP) is 3.20. The molecule has 0 spiro atoms. The van der Waals surface area contributed by atoms with E-state index >= 15 is 0 Å². The van der Waals surface area contributed by atoms with E-state index in [1.807, 2.05) is 0 Å². The molecule has 15 heteroatoms. The summed E-state index contributed by atoms with van der Waals surface area (Å²) < 4.78 is 49.6. The summed E-state index contributed by atoms with van der Waals surface area (Å²) in [6.45, 7) is 0.538. The molecule has 1 amide bonds. The number of carbonyl (C=O) groups excluding carboxylic acids is 1. The van der Waals surface area contributed by atoms with Gasteiger partial charge in [0.05, 0.1) is 0 Å². The Kier molecular flexibility index (Phi) is 20.3. The minimum absolute atomic E-state index is 0. The van der Waals surface area contributed by atoms with Gasteiger partial charge in [0.2, 0.25) is 0 Å². The van der Waals surface area contributed by atoms with E-state index in [1.54, 1.807) is 68.9 Å². The monoisotopic (exact) mass is 839 g/mol. The Bertz CT molecular complexity index is 534. The molecule has 37 heavy (non-hydrogen) atoms. The van der Waals surface area contributed by atoms with Gasteiger partial charge in [0.1, 0.15) is 0 Å². The van der Waals surface area contributed by atoms with Gasteiger partial charge < -0.3 is 44.7 Å². The van der Waals surface area contributed by atoms with E-state index in [1.165, 1.54) is 0 Å². The van der Waals surface area contributed by atoms with Gasteiger partial charge in [-0.1, -0.05) is 0 Å². The molecule has 0 atom stereocenters. The fourth-order valence-corrected chi connectivity index (χ4v) is 9.50. The van der Waals surface area contributed by atoms with E-state index in [0.29, 0.717) is 37.5 Å². The molecule has 0 heterocycles. The standard InChI is InChI=1S/C22H50NO10Si3.Rf/c1-23(17-11-12-18-34(25-2,26-3)27-4)22(24)21(15-13-19-35(28-5,29-6)30-7)16-14-20-36(31-8,32-9)33-10;/h21H,1,11-20H2,2-10H3;/q-1;. The average Bonchev–Trinajstić information content (AvgIpc) is 2.93. The van der Waals surface area contributed by atoms with E-state index in [9.17, 15) is 4.79 Å². The number of carbonyl (C=O) groups is 1. The van der Waals surface area contributed by atoms with Crippen LogP contribution in [-0.4, -0.2) is 108 Å². The minimum atomic E-state index is -2.71. The Morgan fingerprint density at radius 1 is 0.595 bits per heavy atom. The Labute approximate surface area is 222 Å². The summed E-state index contributed by atoms with van der Waals surface area (Å²) in [5.41, 5.74) is 0. The summed E-state index contributed by atoms with van der Waals surface area (Å²) in [6, 6.07) is 1.93. The van der Waals surface area contributed by atoms with Crippen molar-refractivity contribution in [3.8, 4) is 0 Å². The molecule has 0 N–H and O–H groups in total. The van der Waals surface area contributed by atoms with Crippen molar-refractivity contribution in [2.45, 2.75) is 56.7 Å². The van der Waals surface area contributed by atoms with E-state index in [0.717, 1.165) is 25.7 Å². The van der Waals surface area contributed by atoms with Crippen molar-refractivity contribution in [3.05, 3.63) is 7.05 Å². The zero-order valence-corrected chi connectivity index (χ0v) is 34.0. The van der Waals surface area contributed by atoms with Gasteiger partial charge in [0.15, 0.2) is 5.91 Å². The molecule has 0 bridgehead atoms. The van der Waals surface area contributed by atoms with Crippen molar-refractivity contribution in [1.82, 2.24) is 4.90 Å². The second-order valence-corrected chi connectivity index (χ2v) is 17.7. The maximum atomic E-state index is 13.4. The van der Waals surface area contributed by atoms with Crippen LogP contribution in [-0.2, 0) is 44.6 Å². The third-order valence-corrected chi connectivity index (χ3v) is 15.2. The largest absolute Gasteiger partial charge is 0.500 e. The molecule has 0 fully saturated rings. The topological polar surface area (TPSA) is 103 Å². The summed E-state index contributed by atoms with van der Waals surface area (Å²) in [6.07, 6.45) is 4.38. The molecule has 0 aliphatic rings. The van der Waals surface area contributed by atoms with Gasteiger partial charge in [-0.2, -0.15) is 0 Å². The van der Waals surface area contributed by atoms with Crippen LogP contribution in [0, 0.1) is 13.0 Å². The van der Waals surface area contributed by atoms with Crippen LogP contribution in [0.3, 0.4) is 0 Å². The van der Waals surface area contributed by atoms with Crippen LogP contribution in [0.25, 0.3) is 0 Å². The van der Waals surface area contributed by atoms with Gasteiger partial charge >= 0.3 is 26.4 Å². The van der Waals surface area contributed by atoms with Gasteiger partial charge in [-0.25, -0.2) is 0 Å². The van der Waals surface area contributed by atoms with Crippen molar-refractivity contribution < 1.29 is 44.6 Å². The predicted molar refractivity (Wildman–Crippen MR) is 143 cm³/mol. The van der Waals surface area contributed by atoms with Crippen LogP contribution in [0.5, 0.6) is 0 Å². The van der Waals surface area contributed by atoms with Crippen LogP contribution in [0.15, 0.2) is 0 Å². The normalized spacial score (nSPS) is 12.6. The third-order valence-electron chi connectivity index (χ3n) is 6.69. The van der Waals surface area contributed by atoms with Gasteiger partial charge in [0.25, 0.3) is 0 Å². The first kappa shape index (κ1) is 37.9. The van der Waals surface area contributed by atoms with Crippen molar-refractivity contribution in [1.29, 1.82) is 0 Å². The second kappa shape index (κ2) is 19.8. The van der Waals surface area contributed by atoms with Crippen LogP contribution in [0.2, 0.25) is 18.1 Å². The van der Waals surface area contributed by atoms with Crippen molar-refractivity contribution in [2.75, 3.05) is 70.5 Å². The maximum Gasteiger partial charge on any atom is 0.500 e. The zero-order chi connectivity index (χ0) is 27.7. The third kappa shape index (κ3) is 12.0. The average molecular weight is 840 g/mol. The Morgan fingerprint density at radius 2 is 0.892 bits per heavy atom. The molecule has 0 aliphatic carbocycles. The first-order chi connectivity index (χ1) is 17.2. The van der Waals surface area contributed by atoms with Gasteiger partial charge in [0, 0.05) is 88.0 Å². The maximum absolute atomic E-state index is 13.4. The first-order valence-corrected chi connectivity index (χ1v) is 18.0. The Hall–Kier alpha value is -1.24. The van der Waals surface area contributed by atoms with Crippen LogP contribution >= 0.6 is 0 Å². The number of rotatable bonds is 23. The Morgan fingerprint density at radius 3 is 1.19 bits per heavy atom. The fraction of sp³-hybridized carbons (Fsp3) is 0.909. The van der Waals surface area contributed by atoms with E-state index in [2.05, 4.69) is 7.05 Å². The number of hydrogen-bond donors (Lipinski definition) is 0. The summed E-state index contributed by atoms with van der Waals surface area (Å²) in [7, 11) is 10.4. The summed E-state index contributed by atoms with van der Waals surface area (Å²) in [5.74, 6) is -0.190. The second-order valence-electron chi connectivity index (χ2n) is 8.43. The van der Waals surface area contributed by atoms with Crippen molar-refractivity contribution in [2.24, 2.45) is 5.92 Å². The molecular formula is C22H50NO10RfSi3-. The molecule has 0 aromatic carbocycles. The van der Waals surface area contributed by atoms with E-state index < -0.39 is 26.4 Å². The molecule has 0 aromatic rings. The fourth-order valence-electron chi connectivity index (χ4n) is 4.20. The van der Waals surface area contributed by atoms with Crippen molar-refractivity contribution >= 4 is 32.3 Å². The summed E-state index contributed by atoms with van der Waals surface area (Å²) in [4.78, 5) is 14.9. The number of unbranched alkanes of at least 4 members (excludes halogenated alkanes) is 1. The van der Waals surface area contributed by atoms with E-state index in [-0.39, 0.29) is 11.8 Å². The summed E-state index contributed by atoms with van der Waals surface area (Å²) in [5, 5.41) is 0. The smallest absolute Gasteiger partial charge is 0.495 e. The number of hydrogen-bond acceptors (Lipinski definition) is 10. The van der Waals surface area contributed by atoms with Gasteiger partial charge in [-0.15, -0.1) is 0 Å². The molecule has 11 nitrogen and oxygen atoms in total. The number of amides is 1. The van der Waals surface area contributed by atoms with Gasteiger partial charge in [-0.05, 0) is 45.1 Å². The first-order valence-electron chi connectivity index (χ1n) is 12.2. The molecule has 0 aliphatic heterocycles. The molecule has 0 rings (SSSR count). The molecule has 0 saturated heterocycles. The van der Waals surface area contributed by atoms with Crippen molar-refractivity contribution in [3.63, 3.8) is 0 Å². The molecule has 0 radical (unpaired) electrons. The van der Waals surface area contributed by atoms with E-state index in [4.69, 9.17) is 39.8 Å². The van der Waals surface area contributed by atoms with Crippen LogP contribution < -0.4 is 0 Å². The summed E-state index contributed by atoms with van der Waals surface area (Å²) >= 11 is 0. The Balaban J connectivity index is 0. The van der Waals surface area contributed by atoms with Crippen LogP contribution in [0.1, 0.15) is 38.5 Å². The molecule has 0 unspecified atom stereocenters. The minimum Gasteiger partial charge on any atom is -0.495 e. The molecule has 0 saturated carbocycles. The molecular weight excluding hydrogens is 789 g/mol. The van der Waals surface area contributed by atoms with Crippen LogP contribution in [0.4, 0.5) is 0 Å². The number of nitrogens with zero attached hydrogens (tertiary/aromatic N) is 1. The van der Waals surface area contributed by atoms with Gasteiger partial charge in [-0.3, -0.25) is 11.8 Å². The molecule has 0 aromatic heterocycles. The quantitative estimate of drug-likeness (QED) is 0.0867.